The van der Waals surface area contributed by atoms with Gasteiger partial charge in [-0.05, 0) is 66.6 Å². The van der Waals surface area contributed by atoms with Gasteiger partial charge in [-0.2, -0.15) is 5.26 Å². The number of nitriles is 1. The molecule has 0 radical (unpaired) electrons. The number of nitrogens with one attached hydrogen (secondary N) is 1. The number of carbonyl (C=O) groups is 1. The number of amides is 1. The van der Waals surface area contributed by atoms with Gasteiger partial charge in [0.2, 0.25) is 0 Å². The highest BCUT2D eigenvalue weighted by atomic mass is 35.5. The fraction of sp³-hybridized carbons (Fsp3) is 0.120. The maximum Gasteiger partial charge on any atom is 0.266 e. The molecule has 3 rings (SSSR count). The van der Waals surface area contributed by atoms with Gasteiger partial charge in [0, 0.05) is 10.7 Å². The number of rotatable bonds is 8. The minimum atomic E-state index is -0.592. The number of hydrogen-bond acceptors (Lipinski definition) is 4. The van der Waals surface area contributed by atoms with Gasteiger partial charge in [0.15, 0.2) is 11.5 Å². The summed E-state index contributed by atoms with van der Waals surface area (Å²) in [4.78, 5) is 12.5. The maximum absolute atomic E-state index is 13.1. The summed E-state index contributed by atoms with van der Waals surface area (Å²) in [6.07, 6.45) is 1.40. The molecule has 0 saturated heterocycles. The van der Waals surface area contributed by atoms with Gasteiger partial charge in [0.25, 0.3) is 5.91 Å². The topological polar surface area (TPSA) is 71.3 Å². The molecule has 0 unspecified atom stereocenters. The molecule has 0 fully saturated rings. The smallest absolute Gasteiger partial charge is 0.266 e. The van der Waals surface area contributed by atoms with Crippen LogP contribution in [0.1, 0.15) is 18.1 Å². The summed E-state index contributed by atoms with van der Waals surface area (Å²) in [5, 5.41) is 12.8. The van der Waals surface area contributed by atoms with Gasteiger partial charge < -0.3 is 14.8 Å². The molecule has 0 atom stereocenters. The number of benzene rings is 3. The Kier molecular flexibility index (Phi) is 8.31. The van der Waals surface area contributed by atoms with E-state index in [1.807, 2.05) is 6.07 Å². The first-order valence-corrected chi connectivity index (χ1v) is 10.7. The molecule has 0 spiro atoms. The van der Waals surface area contributed by atoms with Crippen molar-refractivity contribution >= 4 is 40.9 Å². The Morgan fingerprint density at radius 2 is 1.88 bits per heavy atom. The molecule has 0 aliphatic heterocycles. The second-order valence-electron chi connectivity index (χ2n) is 6.81. The minimum Gasteiger partial charge on any atom is -0.490 e. The zero-order chi connectivity index (χ0) is 23.8. The summed E-state index contributed by atoms with van der Waals surface area (Å²) < 4.78 is 24.6. The molecule has 0 aliphatic rings. The Bertz CT molecular complexity index is 1220. The van der Waals surface area contributed by atoms with Crippen molar-refractivity contribution in [3.8, 4) is 17.6 Å². The van der Waals surface area contributed by atoms with Gasteiger partial charge in [0.1, 0.15) is 24.1 Å². The summed E-state index contributed by atoms with van der Waals surface area (Å²) in [5.74, 6) is -0.270. The molecule has 0 saturated carbocycles. The maximum atomic E-state index is 13.1. The van der Waals surface area contributed by atoms with E-state index in [0.717, 1.165) is 5.56 Å². The van der Waals surface area contributed by atoms with Crippen LogP contribution in [0.2, 0.25) is 10.0 Å². The molecule has 5 nitrogen and oxygen atoms in total. The molecule has 3 aromatic carbocycles. The number of nitrogens with zero attached hydrogens (tertiary/aromatic N) is 1. The lowest BCUT2D eigenvalue weighted by atomic mass is 10.1. The predicted molar refractivity (Wildman–Crippen MR) is 127 cm³/mol. The van der Waals surface area contributed by atoms with E-state index in [9.17, 15) is 14.4 Å². The van der Waals surface area contributed by atoms with Crippen LogP contribution in [0.25, 0.3) is 6.08 Å². The van der Waals surface area contributed by atoms with E-state index >= 15 is 0 Å². The summed E-state index contributed by atoms with van der Waals surface area (Å²) in [6, 6.07) is 17.6. The second-order valence-corrected chi connectivity index (χ2v) is 7.66. The van der Waals surface area contributed by atoms with Gasteiger partial charge in [-0.15, -0.1) is 0 Å². The Labute approximate surface area is 201 Å². The number of anilines is 1. The van der Waals surface area contributed by atoms with Gasteiger partial charge in [-0.1, -0.05) is 41.4 Å². The molecule has 0 heterocycles. The van der Waals surface area contributed by atoms with Crippen LogP contribution in [0.15, 0.2) is 66.2 Å². The molecule has 3 aromatic rings. The standard InChI is InChI=1S/C25H19Cl2FN2O3/c1-2-32-23-12-17(10-18(14-29)25(31)30-21-5-3-4-19(26)13-21)11-22(27)24(23)33-15-16-6-8-20(28)9-7-16/h3-13H,2,15H2,1H3,(H,30,31)/b18-10+. The van der Waals surface area contributed by atoms with Crippen molar-refractivity contribution in [1.29, 1.82) is 5.26 Å². The van der Waals surface area contributed by atoms with E-state index in [-0.39, 0.29) is 23.0 Å². The highest BCUT2D eigenvalue weighted by Gasteiger charge is 2.15. The quantitative estimate of drug-likeness (QED) is 0.286. The third-order valence-electron chi connectivity index (χ3n) is 4.39. The molecule has 168 valence electrons. The van der Waals surface area contributed by atoms with Crippen LogP contribution in [0.3, 0.4) is 0 Å². The monoisotopic (exact) mass is 484 g/mol. The van der Waals surface area contributed by atoms with Crippen LogP contribution in [0, 0.1) is 17.1 Å². The Balaban J connectivity index is 1.84. The first-order valence-electron chi connectivity index (χ1n) is 9.92. The molecule has 33 heavy (non-hydrogen) atoms. The molecule has 1 amide bonds. The predicted octanol–water partition coefficient (Wildman–Crippen LogP) is 6.66. The van der Waals surface area contributed by atoms with E-state index in [4.69, 9.17) is 32.7 Å². The lowest BCUT2D eigenvalue weighted by Crippen LogP contribution is -2.13. The Morgan fingerprint density at radius 1 is 1.12 bits per heavy atom. The molecular weight excluding hydrogens is 466 g/mol. The van der Waals surface area contributed by atoms with E-state index < -0.39 is 5.91 Å². The highest BCUT2D eigenvalue weighted by Crippen LogP contribution is 2.38. The highest BCUT2D eigenvalue weighted by molar-refractivity contribution is 6.32. The number of ether oxygens (including phenoxy) is 2. The van der Waals surface area contributed by atoms with Crippen LogP contribution in [0.4, 0.5) is 10.1 Å². The van der Waals surface area contributed by atoms with Crippen molar-refractivity contribution in [2.24, 2.45) is 0 Å². The summed E-state index contributed by atoms with van der Waals surface area (Å²) in [5.41, 5.74) is 1.57. The zero-order valence-electron chi connectivity index (χ0n) is 17.6. The van der Waals surface area contributed by atoms with Crippen molar-refractivity contribution in [1.82, 2.24) is 0 Å². The molecule has 0 aliphatic carbocycles. The fourth-order valence-electron chi connectivity index (χ4n) is 2.89. The van der Waals surface area contributed by atoms with Gasteiger partial charge >= 0.3 is 0 Å². The van der Waals surface area contributed by atoms with Crippen LogP contribution in [-0.2, 0) is 11.4 Å². The third kappa shape index (κ3) is 6.72. The first-order chi connectivity index (χ1) is 15.9. The SMILES string of the molecule is CCOc1cc(/C=C(\C#N)C(=O)Nc2cccc(Cl)c2)cc(Cl)c1OCc1ccc(F)cc1. The molecule has 8 heteroatoms. The first kappa shape index (κ1) is 24.1. The zero-order valence-corrected chi connectivity index (χ0v) is 19.1. The van der Waals surface area contributed by atoms with Gasteiger partial charge in [-0.3, -0.25) is 4.79 Å². The third-order valence-corrected chi connectivity index (χ3v) is 4.90. The summed E-state index contributed by atoms with van der Waals surface area (Å²) in [6.45, 7) is 2.30. The normalized spacial score (nSPS) is 10.9. The van der Waals surface area contributed by atoms with E-state index in [1.165, 1.54) is 18.2 Å². The largest absolute Gasteiger partial charge is 0.490 e. The minimum absolute atomic E-state index is 0.131. The van der Waals surface area contributed by atoms with E-state index in [0.29, 0.717) is 34.4 Å². The van der Waals surface area contributed by atoms with Crippen molar-refractivity contribution in [3.63, 3.8) is 0 Å². The van der Waals surface area contributed by atoms with Crippen LogP contribution >= 0.6 is 23.2 Å². The molecule has 0 bridgehead atoms. The lowest BCUT2D eigenvalue weighted by Gasteiger charge is -2.15. The average molecular weight is 485 g/mol. The van der Waals surface area contributed by atoms with Crippen LogP contribution in [-0.4, -0.2) is 12.5 Å². The van der Waals surface area contributed by atoms with Gasteiger partial charge in [-0.25, -0.2) is 4.39 Å². The van der Waals surface area contributed by atoms with Crippen molar-refractivity contribution in [2.45, 2.75) is 13.5 Å². The number of carbonyl (C=O) groups excluding carboxylic acids is 1. The molecule has 0 aromatic heterocycles. The lowest BCUT2D eigenvalue weighted by molar-refractivity contribution is -0.112. The van der Waals surface area contributed by atoms with Crippen LogP contribution in [0.5, 0.6) is 11.5 Å². The van der Waals surface area contributed by atoms with Crippen molar-refractivity contribution in [2.75, 3.05) is 11.9 Å². The number of hydrogen-bond donors (Lipinski definition) is 1. The fourth-order valence-corrected chi connectivity index (χ4v) is 3.35. The van der Waals surface area contributed by atoms with Crippen molar-refractivity contribution < 1.29 is 18.7 Å². The van der Waals surface area contributed by atoms with E-state index in [2.05, 4.69) is 5.32 Å². The number of halogens is 3. The van der Waals surface area contributed by atoms with E-state index in [1.54, 1.807) is 55.5 Å². The summed E-state index contributed by atoms with van der Waals surface area (Å²) >= 11 is 12.4. The van der Waals surface area contributed by atoms with Gasteiger partial charge in [0.05, 0.1) is 11.6 Å². The summed E-state index contributed by atoms with van der Waals surface area (Å²) in [7, 11) is 0. The van der Waals surface area contributed by atoms with Crippen molar-refractivity contribution in [3.05, 3.63) is 93.2 Å². The Morgan fingerprint density at radius 3 is 2.55 bits per heavy atom. The van der Waals surface area contributed by atoms with Crippen LogP contribution < -0.4 is 14.8 Å². The second kappa shape index (κ2) is 11.4. The Hall–Kier alpha value is -3.53. The molecule has 1 N–H and O–H groups in total. The average Bonchev–Trinajstić information content (AvgIpc) is 2.78. The molecular formula is C25H19Cl2FN2O3.